The molecule has 0 saturated carbocycles. The van der Waals surface area contributed by atoms with Crippen LogP contribution >= 0.6 is 50.9 Å². The SMILES string of the molecule is CC.O=C1NCc2nc(Sc3ccc(F)cc3F)c(Br)cc2N1c1c(Cl)cccc1Cl. The predicted octanol–water partition coefficient (Wildman–Crippen LogP) is 7.97. The highest BCUT2D eigenvalue weighted by Crippen LogP contribution is 2.43. The maximum Gasteiger partial charge on any atom is 0.326 e. The average molecular weight is 547 g/mol. The van der Waals surface area contributed by atoms with Gasteiger partial charge in [-0.3, -0.25) is 4.90 Å². The molecule has 0 saturated heterocycles. The molecular weight excluding hydrogens is 531 g/mol. The third-order valence-electron chi connectivity index (χ3n) is 4.11. The third kappa shape index (κ3) is 4.98. The largest absolute Gasteiger partial charge is 0.332 e. The first-order valence-corrected chi connectivity index (χ1v) is 11.6. The van der Waals surface area contributed by atoms with Gasteiger partial charge >= 0.3 is 6.03 Å². The lowest BCUT2D eigenvalue weighted by molar-refractivity contribution is 0.246. The van der Waals surface area contributed by atoms with Gasteiger partial charge in [-0.25, -0.2) is 18.6 Å². The second-order valence-corrected chi connectivity index (χ2v) is 8.68. The zero-order chi connectivity index (χ0) is 22.7. The van der Waals surface area contributed by atoms with Gasteiger partial charge in [0.25, 0.3) is 0 Å². The first kappa shape index (κ1) is 23.8. The lowest BCUT2D eigenvalue weighted by Gasteiger charge is -2.31. The topological polar surface area (TPSA) is 45.2 Å². The van der Waals surface area contributed by atoms with E-state index in [0.29, 0.717) is 36.6 Å². The van der Waals surface area contributed by atoms with E-state index in [-0.39, 0.29) is 11.4 Å². The molecule has 0 atom stereocenters. The third-order valence-corrected chi connectivity index (χ3v) is 6.65. The standard InChI is InChI=1S/C19H10BrCl2F2N3OS.C2H6/c20-10-7-15-14(26-18(10)29-16-5-4-9(23)6-13(16)24)8-25-19(28)27(15)17-11(21)2-1-3-12(17)22;1-2/h1-7H,8H2,(H,25,28);1-2H3. The van der Waals surface area contributed by atoms with E-state index in [1.807, 2.05) is 13.8 Å². The number of aromatic nitrogens is 1. The van der Waals surface area contributed by atoms with E-state index in [9.17, 15) is 13.6 Å². The molecule has 0 unspecified atom stereocenters. The van der Waals surface area contributed by atoms with Crippen LogP contribution in [-0.4, -0.2) is 11.0 Å². The Bertz CT molecular complexity index is 1130. The molecule has 1 aromatic heterocycles. The van der Waals surface area contributed by atoms with Crippen LogP contribution in [0.1, 0.15) is 19.5 Å². The Morgan fingerprint density at radius 3 is 2.45 bits per heavy atom. The average Bonchev–Trinajstić information content (AvgIpc) is 2.73. The summed E-state index contributed by atoms with van der Waals surface area (Å²) in [6.45, 7) is 4.18. The van der Waals surface area contributed by atoms with Gasteiger partial charge < -0.3 is 5.32 Å². The lowest BCUT2D eigenvalue weighted by Crippen LogP contribution is -2.42. The van der Waals surface area contributed by atoms with Gasteiger partial charge in [-0.05, 0) is 46.3 Å². The fourth-order valence-corrected chi connectivity index (χ4v) is 4.76. The molecule has 0 aliphatic carbocycles. The van der Waals surface area contributed by atoms with Crippen LogP contribution in [-0.2, 0) is 6.54 Å². The maximum atomic E-state index is 14.0. The molecule has 31 heavy (non-hydrogen) atoms. The van der Waals surface area contributed by atoms with Crippen LogP contribution in [0.5, 0.6) is 0 Å². The molecule has 0 spiro atoms. The number of nitrogens with zero attached hydrogens (tertiary/aromatic N) is 2. The van der Waals surface area contributed by atoms with Crippen LogP contribution in [0.15, 0.2) is 56.9 Å². The van der Waals surface area contributed by atoms with Gasteiger partial charge in [0.1, 0.15) is 16.7 Å². The summed E-state index contributed by atoms with van der Waals surface area (Å²) < 4.78 is 27.7. The molecule has 10 heteroatoms. The summed E-state index contributed by atoms with van der Waals surface area (Å²) in [6, 6.07) is 9.59. The van der Waals surface area contributed by atoms with Crippen molar-refractivity contribution in [3.8, 4) is 0 Å². The maximum absolute atomic E-state index is 14.0. The highest BCUT2D eigenvalue weighted by molar-refractivity contribution is 9.10. The van der Waals surface area contributed by atoms with Crippen LogP contribution in [0.2, 0.25) is 10.0 Å². The van der Waals surface area contributed by atoms with Crippen molar-refractivity contribution >= 4 is 68.3 Å². The molecule has 0 radical (unpaired) electrons. The molecule has 1 N–H and O–H groups in total. The molecule has 3 aromatic rings. The summed E-state index contributed by atoms with van der Waals surface area (Å²) in [6.07, 6.45) is 0. The van der Waals surface area contributed by atoms with Gasteiger partial charge in [0, 0.05) is 11.0 Å². The number of carbonyl (C=O) groups is 1. The van der Waals surface area contributed by atoms with Gasteiger partial charge in [-0.15, -0.1) is 0 Å². The Kier molecular flexibility index (Phi) is 7.80. The van der Waals surface area contributed by atoms with E-state index in [1.54, 1.807) is 24.3 Å². The van der Waals surface area contributed by atoms with Gasteiger partial charge in [0.05, 0.1) is 38.1 Å². The molecule has 0 bridgehead atoms. The number of halogens is 5. The van der Waals surface area contributed by atoms with E-state index < -0.39 is 17.7 Å². The quantitative estimate of drug-likeness (QED) is 0.362. The smallest absolute Gasteiger partial charge is 0.326 e. The summed E-state index contributed by atoms with van der Waals surface area (Å²) in [4.78, 5) is 18.7. The molecule has 2 heterocycles. The molecule has 4 nitrogen and oxygen atoms in total. The van der Waals surface area contributed by atoms with Gasteiger partial charge in [-0.2, -0.15) is 0 Å². The van der Waals surface area contributed by atoms with Crippen molar-refractivity contribution < 1.29 is 13.6 Å². The number of rotatable bonds is 3. The van der Waals surface area contributed by atoms with E-state index >= 15 is 0 Å². The minimum atomic E-state index is -0.681. The predicted molar refractivity (Wildman–Crippen MR) is 125 cm³/mol. The van der Waals surface area contributed by atoms with Crippen LogP contribution in [0.3, 0.4) is 0 Å². The van der Waals surface area contributed by atoms with Crippen LogP contribution in [0.25, 0.3) is 0 Å². The zero-order valence-electron chi connectivity index (χ0n) is 16.3. The molecule has 162 valence electrons. The Morgan fingerprint density at radius 2 is 1.81 bits per heavy atom. The van der Waals surface area contributed by atoms with Crippen molar-refractivity contribution in [2.45, 2.75) is 30.3 Å². The van der Waals surface area contributed by atoms with Gasteiger partial charge in [0.2, 0.25) is 0 Å². The van der Waals surface area contributed by atoms with Crippen LogP contribution < -0.4 is 10.2 Å². The highest BCUT2D eigenvalue weighted by Gasteiger charge is 2.30. The summed E-state index contributed by atoms with van der Waals surface area (Å²) in [5.74, 6) is -1.33. The normalized spacial score (nSPS) is 12.6. The number of fused-ring (bicyclic) bond motifs is 1. The number of para-hydroxylation sites is 1. The first-order valence-electron chi connectivity index (χ1n) is 9.19. The summed E-state index contributed by atoms with van der Waals surface area (Å²) in [7, 11) is 0. The van der Waals surface area contributed by atoms with Crippen molar-refractivity contribution in [1.29, 1.82) is 0 Å². The zero-order valence-corrected chi connectivity index (χ0v) is 20.3. The Labute approximate surface area is 201 Å². The number of pyridine rings is 1. The number of carbonyl (C=O) groups excluding carboxylic acids is 1. The highest BCUT2D eigenvalue weighted by atomic mass is 79.9. The number of urea groups is 1. The summed E-state index contributed by atoms with van der Waals surface area (Å²) in [5, 5.41) is 3.82. The Balaban J connectivity index is 0.00000132. The number of benzene rings is 2. The molecular formula is C21H16BrCl2F2N3OS. The van der Waals surface area contributed by atoms with Crippen LogP contribution in [0.4, 0.5) is 25.0 Å². The molecule has 2 amide bonds. The summed E-state index contributed by atoms with van der Waals surface area (Å²) >= 11 is 17.0. The molecule has 1 aliphatic rings. The van der Waals surface area contributed by atoms with Gasteiger partial charge in [-0.1, -0.05) is 54.9 Å². The Morgan fingerprint density at radius 1 is 1.13 bits per heavy atom. The van der Waals surface area contributed by atoms with E-state index in [4.69, 9.17) is 23.2 Å². The minimum absolute atomic E-state index is 0.180. The fourth-order valence-electron chi connectivity index (χ4n) is 2.83. The number of anilines is 2. The monoisotopic (exact) mass is 545 g/mol. The van der Waals surface area contributed by atoms with E-state index in [1.165, 1.54) is 17.0 Å². The van der Waals surface area contributed by atoms with Gasteiger partial charge in [0.15, 0.2) is 0 Å². The van der Waals surface area contributed by atoms with Crippen molar-refractivity contribution in [2.75, 3.05) is 4.90 Å². The molecule has 2 aromatic carbocycles. The van der Waals surface area contributed by atoms with E-state index in [2.05, 4.69) is 26.2 Å². The first-order chi connectivity index (χ1) is 14.8. The van der Waals surface area contributed by atoms with Crippen molar-refractivity contribution in [3.63, 3.8) is 0 Å². The number of hydrogen-bond donors (Lipinski definition) is 1. The second kappa shape index (κ2) is 10.2. The van der Waals surface area contributed by atoms with Crippen molar-refractivity contribution in [2.24, 2.45) is 0 Å². The minimum Gasteiger partial charge on any atom is -0.332 e. The lowest BCUT2D eigenvalue weighted by atomic mass is 10.2. The van der Waals surface area contributed by atoms with Crippen LogP contribution in [0, 0.1) is 11.6 Å². The number of amides is 2. The summed E-state index contributed by atoms with van der Waals surface area (Å²) in [5.41, 5.74) is 1.39. The van der Waals surface area contributed by atoms with E-state index in [0.717, 1.165) is 17.8 Å². The van der Waals surface area contributed by atoms with Crippen molar-refractivity contribution in [1.82, 2.24) is 10.3 Å². The van der Waals surface area contributed by atoms with Crippen molar-refractivity contribution in [3.05, 3.63) is 74.3 Å². The molecule has 1 aliphatic heterocycles. The second-order valence-electron chi connectivity index (χ2n) is 5.98. The fraction of sp³-hybridized carbons (Fsp3) is 0.143. The molecule has 0 fully saturated rings. The number of hydrogen-bond acceptors (Lipinski definition) is 3. The number of nitrogens with one attached hydrogen (secondary N) is 1. The molecule has 4 rings (SSSR count). The Hall–Kier alpha value is -1.87.